The molecule has 1 N–H and O–H groups in total. The highest BCUT2D eigenvalue weighted by Gasteiger charge is 2.12. The van der Waals surface area contributed by atoms with E-state index in [-0.39, 0.29) is 11.4 Å². The van der Waals surface area contributed by atoms with E-state index >= 15 is 0 Å². The van der Waals surface area contributed by atoms with Crippen LogP contribution in [0.25, 0.3) is 11.4 Å². The lowest BCUT2D eigenvalue weighted by atomic mass is 10.2. The zero-order valence-corrected chi connectivity index (χ0v) is 15.2. The molecule has 0 bridgehead atoms. The minimum absolute atomic E-state index is 0.257. The molecule has 6 nitrogen and oxygen atoms in total. The predicted octanol–water partition coefficient (Wildman–Crippen LogP) is 3.71. The smallest absolute Gasteiger partial charge is 0.246 e. The third-order valence-corrected chi connectivity index (χ3v) is 5.00. The van der Waals surface area contributed by atoms with Crippen LogP contribution in [0.1, 0.15) is 11.5 Å². The molecule has 0 saturated heterocycles. The highest BCUT2D eigenvalue weighted by molar-refractivity contribution is 7.90. The maximum absolute atomic E-state index is 11.7. The van der Waals surface area contributed by atoms with E-state index in [0.29, 0.717) is 22.4 Å². The van der Waals surface area contributed by atoms with Crippen LogP contribution >= 0.6 is 11.6 Å². The van der Waals surface area contributed by atoms with Crippen LogP contribution in [0.4, 0.5) is 5.69 Å². The summed E-state index contributed by atoms with van der Waals surface area (Å²) in [5, 5.41) is 7.71. The number of sulfone groups is 1. The van der Waals surface area contributed by atoms with E-state index in [9.17, 15) is 8.42 Å². The summed E-state index contributed by atoms with van der Waals surface area (Å²) in [6.07, 6.45) is 1.18. The highest BCUT2D eigenvalue weighted by Crippen LogP contribution is 2.22. The molecule has 0 aliphatic rings. The van der Waals surface area contributed by atoms with Crippen LogP contribution in [0.3, 0.4) is 0 Å². The second-order valence-electron chi connectivity index (χ2n) is 5.62. The molecule has 130 valence electrons. The standard InChI is InChI=1S/C17H16ClN3O3S/c1-11-3-8-14(25(2,22)23)9-15(11)19-10-16-20-17(21-24-16)12-4-6-13(18)7-5-12/h3-9,19H,10H2,1-2H3. The Kier molecular flexibility index (Phi) is 4.78. The SMILES string of the molecule is Cc1ccc(S(C)(=O)=O)cc1NCc1nc(-c2ccc(Cl)cc2)no1. The summed E-state index contributed by atoms with van der Waals surface area (Å²) in [5.74, 6) is 0.865. The van der Waals surface area contributed by atoms with Crippen molar-refractivity contribution in [1.82, 2.24) is 10.1 Å². The number of hydrogen-bond acceptors (Lipinski definition) is 6. The van der Waals surface area contributed by atoms with Crippen LogP contribution in [0, 0.1) is 6.92 Å². The molecule has 0 aliphatic carbocycles. The van der Waals surface area contributed by atoms with Crippen molar-refractivity contribution < 1.29 is 12.9 Å². The van der Waals surface area contributed by atoms with Gasteiger partial charge in [0.25, 0.3) is 0 Å². The Hall–Kier alpha value is -2.38. The molecule has 0 saturated carbocycles. The Morgan fingerprint density at radius 3 is 2.56 bits per heavy atom. The van der Waals surface area contributed by atoms with Gasteiger partial charge in [0, 0.05) is 22.5 Å². The van der Waals surface area contributed by atoms with Gasteiger partial charge in [0.05, 0.1) is 11.4 Å². The number of anilines is 1. The van der Waals surface area contributed by atoms with E-state index in [0.717, 1.165) is 11.1 Å². The lowest BCUT2D eigenvalue weighted by molar-refractivity contribution is 0.384. The summed E-state index contributed by atoms with van der Waals surface area (Å²) in [4.78, 5) is 4.58. The Morgan fingerprint density at radius 2 is 1.88 bits per heavy atom. The maximum Gasteiger partial charge on any atom is 0.246 e. The largest absolute Gasteiger partial charge is 0.376 e. The molecule has 0 aliphatic heterocycles. The van der Waals surface area contributed by atoms with Gasteiger partial charge in [0.1, 0.15) is 0 Å². The zero-order valence-electron chi connectivity index (χ0n) is 13.7. The van der Waals surface area contributed by atoms with Crippen LogP contribution in [0.15, 0.2) is 51.9 Å². The first-order chi connectivity index (χ1) is 11.8. The maximum atomic E-state index is 11.7. The second-order valence-corrected chi connectivity index (χ2v) is 8.07. The lowest BCUT2D eigenvalue weighted by Gasteiger charge is -2.09. The number of aryl methyl sites for hydroxylation is 1. The summed E-state index contributed by atoms with van der Waals surface area (Å²) in [5.41, 5.74) is 2.42. The molecule has 0 fully saturated rings. The Labute approximate surface area is 150 Å². The van der Waals surface area contributed by atoms with Gasteiger partial charge in [0.2, 0.25) is 11.7 Å². The van der Waals surface area contributed by atoms with Crippen LogP contribution in [-0.2, 0) is 16.4 Å². The van der Waals surface area contributed by atoms with E-state index in [4.69, 9.17) is 16.1 Å². The van der Waals surface area contributed by atoms with E-state index in [1.807, 2.05) is 19.1 Å². The Balaban J connectivity index is 1.75. The van der Waals surface area contributed by atoms with Crippen LogP contribution < -0.4 is 5.32 Å². The molecule has 0 amide bonds. The number of benzene rings is 2. The molecular formula is C17H16ClN3O3S. The van der Waals surface area contributed by atoms with Crippen molar-refractivity contribution in [3.05, 3.63) is 58.9 Å². The summed E-state index contributed by atoms with van der Waals surface area (Å²) in [6.45, 7) is 2.18. The average molecular weight is 378 g/mol. The zero-order chi connectivity index (χ0) is 18.0. The third-order valence-electron chi connectivity index (χ3n) is 3.64. The Bertz CT molecular complexity index is 998. The fraction of sp³-hybridized carbons (Fsp3) is 0.176. The first-order valence-electron chi connectivity index (χ1n) is 7.46. The first-order valence-corrected chi connectivity index (χ1v) is 9.73. The van der Waals surface area contributed by atoms with Gasteiger partial charge in [-0.15, -0.1) is 0 Å². The van der Waals surface area contributed by atoms with E-state index < -0.39 is 9.84 Å². The molecule has 3 rings (SSSR count). The molecule has 0 spiro atoms. The van der Waals surface area contributed by atoms with Gasteiger partial charge < -0.3 is 9.84 Å². The van der Waals surface area contributed by atoms with Crippen molar-refractivity contribution in [3.63, 3.8) is 0 Å². The van der Waals surface area contributed by atoms with E-state index in [1.54, 1.807) is 30.3 Å². The number of nitrogens with one attached hydrogen (secondary N) is 1. The van der Waals surface area contributed by atoms with Gasteiger partial charge in [0.15, 0.2) is 9.84 Å². The van der Waals surface area contributed by atoms with Crippen molar-refractivity contribution >= 4 is 27.1 Å². The second kappa shape index (κ2) is 6.85. The normalized spacial score (nSPS) is 11.5. The molecule has 0 radical (unpaired) electrons. The van der Waals surface area contributed by atoms with Crippen molar-refractivity contribution in [2.45, 2.75) is 18.4 Å². The monoisotopic (exact) mass is 377 g/mol. The van der Waals surface area contributed by atoms with Crippen LogP contribution in [-0.4, -0.2) is 24.8 Å². The van der Waals surface area contributed by atoms with Gasteiger partial charge in [-0.3, -0.25) is 0 Å². The highest BCUT2D eigenvalue weighted by atomic mass is 35.5. The number of rotatable bonds is 5. The average Bonchev–Trinajstić information content (AvgIpc) is 3.02. The molecule has 0 atom stereocenters. The van der Waals surface area contributed by atoms with Crippen LogP contribution in [0.2, 0.25) is 5.02 Å². The van der Waals surface area contributed by atoms with Crippen molar-refractivity contribution in [2.24, 2.45) is 0 Å². The van der Waals surface area contributed by atoms with E-state index in [1.165, 1.54) is 6.26 Å². The fourth-order valence-electron chi connectivity index (χ4n) is 2.24. The summed E-state index contributed by atoms with van der Waals surface area (Å²) in [7, 11) is -3.26. The number of nitrogens with zero attached hydrogens (tertiary/aromatic N) is 2. The topological polar surface area (TPSA) is 85.1 Å². The predicted molar refractivity (Wildman–Crippen MR) is 96.4 cm³/mol. The van der Waals surface area contributed by atoms with Crippen molar-refractivity contribution in [1.29, 1.82) is 0 Å². The quantitative estimate of drug-likeness (QED) is 0.729. The summed E-state index contributed by atoms with van der Waals surface area (Å²) in [6, 6.07) is 12.1. The Morgan fingerprint density at radius 1 is 1.16 bits per heavy atom. The molecule has 2 aromatic carbocycles. The van der Waals surface area contributed by atoms with Crippen molar-refractivity contribution in [3.8, 4) is 11.4 Å². The number of hydrogen-bond donors (Lipinski definition) is 1. The molecule has 3 aromatic rings. The van der Waals surface area contributed by atoms with Gasteiger partial charge in [-0.25, -0.2) is 8.42 Å². The van der Waals surface area contributed by atoms with Crippen LogP contribution in [0.5, 0.6) is 0 Å². The lowest BCUT2D eigenvalue weighted by Crippen LogP contribution is -2.04. The molecule has 25 heavy (non-hydrogen) atoms. The summed E-state index contributed by atoms with van der Waals surface area (Å²) >= 11 is 5.86. The van der Waals surface area contributed by atoms with Gasteiger partial charge >= 0.3 is 0 Å². The van der Waals surface area contributed by atoms with Gasteiger partial charge in [-0.1, -0.05) is 22.8 Å². The van der Waals surface area contributed by atoms with Crippen molar-refractivity contribution in [2.75, 3.05) is 11.6 Å². The van der Waals surface area contributed by atoms with Gasteiger partial charge in [-0.05, 0) is 48.9 Å². The minimum Gasteiger partial charge on any atom is -0.376 e. The van der Waals surface area contributed by atoms with E-state index in [2.05, 4.69) is 15.5 Å². The molecule has 8 heteroatoms. The number of aromatic nitrogens is 2. The molecule has 1 heterocycles. The molecule has 1 aromatic heterocycles. The third kappa shape index (κ3) is 4.18. The fourth-order valence-corrected chi connectivity index (χ4v) is 3.01. The summed E-state index contributed by atoms with van der Waals surface area (Å²) < 4.78 is 28.6. The molecular weight excluding hydrogens is 362 g/mol. The number of halogens is 1. The minimum atomic E-state index is -3.26. The molecule has 0 unspecified atom stereocenters. The van der Waals surface area contributed by atoms with Gasteiger partial charge in [-0.2, -0.15) is 4.98 Å². The first kappa shape index (κ1) is 17.4.